The van der Waals surface area contributed by atoms with Gasteiger partial charge in [0.1, 0.15) is 0 Å². The SMILES string of the molecule is CC(C1CC1)N(Cc1ccccc1)Cc1cccc(C#N)c1. The highest BCUT2D eigenvalue weighted by Crippen LogP contribution is 2.36. The fourth-order valence-corrected chi connectivity index (χ4v) is 3.01. The summed E-state index contributed by atoms with van der Waals surface area (Å²) in [5.41, 5.74) is 3.32. The molecule has 0 saturated heterocycles. The second-order valence-corrected chi connectivity index (χ2v) is 6.28. The van der Waals surface area contributed by atoms with Crippen molar-refractivity contribution in [1.29, 1.82) is 5.26 Å². The first-order valence-electron chi connectivity index (χ1n) is 8.03. The van der Waals surface area contributed by atoms with Crippen molar-refractivity contribution in [2.45, 2.75) is 38.9 Å². The molecule has 0 radical (unpaired) electrons. The summed E-state index contributed by atoms with van der Waals surface area (Å²) in [6, 6.07) is 21.5. The average Bonchev–Trinajstić information content (AvgIpc) is 3.40. The lowest BCUT2D eigenvalue weighted by molar-refractivity contribution is 0.172. The van der Waals surface area contributed by atoms with Crippen LogP contribution in [0.5, 0.6) is 0 Å². The van der Waals surface area contributed by atoms with Crippen LogP contribution < -0.4 is 0 Å². The van der Waals surface area contributed by atoms with E-state index in [0.717, 1.165) is 24.6 Å². The molecule has 3 rings (SSSR count). The average molecular weight is 290 g/mol. The molecule has 0 heterocycles. The summed E-state index contributed by atoms with van der Waals surface area (Å²) in [6.45, 7) is 4.21. The van der Waals surface area contributed by atoms with E-state index >= 15 is 0 Å². The normalized spacial score (nSPS) is 15.5. The maximum atomic E-state index is 9.08. The van der Waals surface area contributed by atoms with Gasteiger partial charge in [0.25, 0.3) is 0 Å². The van der Waals surface area contributed by atoms with Crippen molar-refractivity contribution < 1.29 is 0 Å². The van der Waals surface area contributed by atoms with Crippen molar-refractivity contribution in [3.63, 3.8) is 0 Å². The minimum atomic E-state index is 0.589. The molecule has 0 N–H and O–H groups in total. The van der Waals surface area contributed by atoms with Gasteiger partial charge in [-0.05, 0) is 48.9 Å². The lowest BCUT2D eigenvalue weighted by Crippen LogP contribution is -2.33. The van der Waals surface area contributed by atoms with Crippen LogP contribution in [-0.4, -0.2) is 10.9 Å². The van der Waals surface area contributed by atoms with E-state index in [0.29, 0.717) is 6.04 Å². The first-order chi connectivity index (χ1) is 10.8. The van der Waals surface area contributed by atoms with Crippen LogP contribution in [-0.2, 0) is 13.1 Å². The van der Waals surface area contributed by atoms with Crippen molar-refractivity contribution in [2.75, 3.05) is 0 Å². The molecule has 0 amide bonds. The van der Waals surface area contributed by atoms with Crippen molar-refractivity contribution in [2.24, 2.45) is 5.92 Å². The zero-order valence-electron chi connectivity index (χ0n) is 13.1. The molecule has 1 unspecified atom stereocenters. The van der Waals surface area contributed by atoms with Gasteiger partial charge in [-0.25, -0.2) is 0 Å². The first kappa shape index (κ1) is 14.8. The molecule has 1 fully saturated rings. The molecular formula is C20H22N2. The van der Waals surface area contributed by atoms with Crippen molar-refractivity contribution in [3.8, 4) is 6.07 Å². The number of benzene rings is 2. The Labute approximate surface area is 133 Å². The molecule has 2 heteroatoms. The summed E-state index contributed by atoms with van der Waals surface area (Å²) >= 11 is 0. The highest BCUT2D eigenvalue weighted by molar-refractivity contribution is 5.32. The molecule has 0 bridgehead atoms. The van der Waals surface area contributed by atoms with Crippen LogP contribution in [0.1, 0.15) is 36.5 Å². The third-order valence-corrected chi connectivity index (χ3v) is 4.55. The van der Waals surface area contributed by atoms with E-state index in [-0.39, 0.29) is 0 Å². The second kappa shape index (κ2) is 6.77. The van der Waals surface area contributed by atoms with Gasteiger partial charge in [0, 0.05) is 19.1 Å². The maximum Gasteiger partial charge on any atom is 0.0991 e. The van der Waals surface area contributed by atoms with Crippen LogP contribution in [0, 0.1) is 17.2 Å². The van der Waals surface area contributed by atoms with Crippen LogP contribution in [0.3, 0.4) is 0 Å². The monoisotopic (exact) mass is 290 g/mol. The van der Waals surface area contributed by atoms with Gasteiger partial charge in [0.05, 0.1) is 11.6 Å². The number of hydrogen-bond donors (Lipinski definition) is 0. The Bertz CT molecular complexity index is 653. The van der Waals surface area contributed by atoms with E-state index in [1.165, 1.54) is 24.0 Å². The van der Waals surface area contributed by atoms with Crippen LogP contribution >= 0.6 is 0 Å². The molecule has 112 valence electrons. The zero-order chi connectivity index (χ0) is 15.4. The molecular weight excluding hydrogens is 268 g/mol. The van der Waals surface area contributed by atoms with Crippen LogP contribution in [0.2, 0.25) is 0 Å². The van der Waals surface area contributed by atoms with Gasteiger partial charge in [-0.3, -0.25) is 4.90 Å². The molecule has 2 aromatic carbocycles. The third kappa shape index (κ3) is 3.75. The van der Waals surface area contributed by atoms with Crippen molar-refractivity contribution in [3.05, 3.63) is 71.3 Å². The van der Waals surface area contributed by atoms with E-state index in [1.807, 2.05) is 18.2 Å². The summed E-state index contributed by atoms with van der Waals surface area (Å²) in [5, 5.41) is 9.08. The van der Waals surface area contributed by atoms with Gasteiger partial charge in [-0.15, -0.1) is 0 Å². The van der Waals surface area contributed by atoms with Gasteiger partial charge in [0.15, 0.2) is 0 Å². The van der Waals surface area contributed by atoms with E-state index in [2.05, 4.69) is 54.3 Å². The molecule has 2 aromatic rings. The lowest BCUT2D eigenvalue weighted by Gasteiger charge is -2.29. The van der Waals surface area contributed by atoms with Crippen molar-refractivity contribution in [1.82, 2.24) is 4.90 Å². The highest BCUT2D eigenvalue weighted by Gasteiger charge is 2.31. The smallest absolute Gasteiger partial charge is 0.0991 e. The zero-order valence-corrected chi connectivity index (χ0v) is 13.1. The largest absolute Gasteiger partial charge is 0.292 e. The maximum absolute atomic E-state index is 9.08. The van der Waals surface area contributed by atoms with Gasteiger partial charge in [0.2, 0.25) is 0 Å². The molecule has 0 aromatic heterocycles. The van der Waals surface area contributed by atoms with E-state index < -0.39 is 0 Å². The quantitative estimate of drug-likeness (QED) is 0.790. The molecule has 2 nitrogen and oxygen atoms in total. The molecule has 0 spiro atoms. The number of nitriles is 1. The number of hydrogen-bond acceptors (Lipinski definition) is 2. The first-order valence-corrected chi connectivity index (χ1v) is 8.03. The Morgan fingerprint density at radius 3 is 2.41 bits per heavy atom. The van der Waals surface area contributed by atoms with E-state index in [4.69, 9.17) is 5.26 Å². The van der Waals surface area contributed by atoms with Crippen molar-refractivity contribution >= 4 is 0 Å². The van der Waals surface area contributed by atoms with E-state index in [9.17, 15) is 0 Å². The predicted molar refractivity (Wildman–Crippen MR) is 89.0 cm³/mol. The lowest BCUT2D eigenvalue weighted by atomic mass is 10.1. The Morgan fingerprint density at radius 1 is 1.05 bits per heavy atom. The third-order valence-electron chi connectivity index (χ3n) is 4.55. The fraction of sp³-hybridized carbons (Fsp3) is 0.350. The van der Waals surface area contributed by atoms with Gasteiger partial charge >= 0.3 is 0 Å². The molecule has 1 aliphatic carbocycles. The molecule has 1 atom stereocenters. The second-order valence-electron chi connectivity index (χ2n) is 6.28. The standard InChI is InChI=1S/C20H22N2/c1-16(20-10-11-20)22(14-17-6-3-2-4-7-17)15-19-9-5-8-18(12-19)13-21/h2-9,12,16,20H,10-11,14-15H2,1H3. The van der Waals surface area contributed by atoms with Crippen LogP contribution in [0.25, 0.3) is 0 Å². The van der Waals surface area contributed by atoms with Crippen LogP contribution in [0.4, 0.5) is 0 Å². The summed E-state index contributed by atoms with van der Waals surface area (Å²) in [7, 11) is 0. The topological polar surface area (TPSA) is 27.0 Å². The Morgan fingerprint density at radius 2 is 1.73 bits per heavy atom. The van der Waals surface area contributed by atoms with Gasteiger partial charge in [-0.1, -0.05) is 42.5 Å². The molecule has 22 heavy (non-hydrogen) atoms. The highest BCUT2D eigenvalue weighted by atomic mass is 15.2. The fourth-order valence-electron chi connectivity index (χ4n) is 3.01. The number of rotatable bonds is 6. The minimum absolute atomic E-state index is 0.589. The predicted octanol–water partition coefficient (Wildman–Crippen LogP) is 4.36. The number of nitrogens with zero attached hydrogens (tertiary/aromatic N) is 2. The minimum Gasteiger partial charge on any atom is -0.292 e. The van der Waals surface area contributed by atoms with E-state index in [1.54, 1.807) is 0 Å². The van der Waals surface area contributed by atoms with Crippen LogP contribution in [0.15, 0.2) is 54.6 Å². The summed E-state index contributed by atoms with van der Waals surface area (Å²) in [6.07, 6.45) is 2.70. The Kier molecular flexibility index (Phi) is 4.56. The molecule has 0 aliphatic heterocycles. The molecule has 1 saturated carbocycles. The van der Waals surface area contributed by atoms with Gasteiger partial charge < -0.3 is 0 Å². The summed E-state index contributed by atoms with van der Waals surface area (Å²) in [4.78, 5) is 2.55. The Hall–Kier alpha value is -2.11. The Balaban J connectivity index is 1.77. The summed E-state index contributed by atoms with van der Waals surface area (Å²) in [5.74, 6) is 0.836. The van der Waals surface area contributed by atoms with Gasteiger partial charge in [-0.2, -0.15) is 5.26 Å². The summed E-state index contributed by atoms with van der Waals surface area (Å²) < 4.78 is 0. The molecule has 1 aliphatic rings.